The molecule has 0 unspecified atom stereocenters. The van der Waals surface area contributed by atoms with Crippen molar-refractivity contribution in [1.82, 2.24) is 5.32 Å². The van der Waals surface area contributed by atoms with Crippen LogP contribution in [0.3, 0.4) is 0 Å². The summed E-state index contributed by atoms with van der Waals surface area (Å²) in [5.41, 5.74) is 6.92. The minimum Gasteiger partial charge on any atom is -0.480 e. The molecule has 0 aromatic heterocycles. The molecular weight excluding hydrogens is 324 g/mol. The van der Waals surface area contributed by atoms with E-state index in [4.69, 9.17) is 10.5 Å². The van der Waals surface area contributed by atoms with Crippen LogP contribution in [0.25, 0.3) is 0 Å². The molecule has 7 nitrogen and oxygen atoms in total. The van der Waals surface area contributed by atoms with Gasteiger partial charge in [0.25, 0.3) is 0 Å². The van der Waals surface area contributed by atoms with Crippen LogP contribution in [0.15, 0.2) is 54.6 Å². The molecule has 0 spiro atoms. The highest BCUT2D eigenvalue weighted by Gasteiger charge is 2.21. The average Bonchev–Trinajstić information content (AvgIpc) is 2.60. The first-order valence-corrected chi connectivity index (χ1v) is 7.54. The fourth-order valence-corrected chi connectivity index (χ4v) is 2.15. The summed E-state index contributed by atoms with van der Waals surface area (Å²) in [7, 11) is 0. The number of alkyl carbamates (subject to hydrolysis) is 1. The zero-order valence-electron chi connectivity index (χ0n) is 13.3. The molecule has 0 aliphatic carbocycles. The van der Waals surface area contributed by atoms with Gasteiger partial charge in [0, 0.05) is 12.0 Å². The third kappa shape index (κ3) is 5.65. The maximum atomic E-state index is 11.8. The first kappa shape index (κ1) is 18.0. The Morgan fingerprint density at radius 3 is 2.20 bits per heavy atom. The van der Waals surface area contributed by atoms with Gasteiger partial charge in [0.15, 0.2) is 0 Å². The lowest BCUT2D eigenvalue weighted by atomic mass is 10.0. The van der Waals surface area contributed by atoms with Crippen LogP contribution in [-0.4, -0.2) is 29.1 Å². The van der Waals surface area contributed by atoms with Crippen LogP contribution < -0.4 is 11.1 Å². The molecule has 0 heterocycles. The van der Waals surface area contributed by atoms with Crippen molar-refractivity contribution in [2.24, 2.45) is 5.73 Å². The van der Waals surface area contributed by atoms with Gasteiger partial charge < -0.3 is 20.9 Å². The normalized spacial score (nSPS) is 11.4. The monoisotopic (exact) mass is 342 g/mol. The molecular formula is C18H18N2O5. The Labute approximate surface area is 144 Å². The van der Waals surface area contributed by atoms with E-state index in [2.05, 4.69) is 5.32 Å². The number of primary amides is 1. The summed E-state index contributed by atoms with van der Waals surface area (Å²) < 4.78 is 5.02. The minimum absolute atomic E-state index is 0.0479. The summed E-state index contributed by atoms with van der Waals surface area (Å²) in [6.45, 7) is 0.0479. The van der Waals surface area contributed by atoms with E-state index in [0.29, 0.717) is 11.1 Å². The van der Waals surface area contributed by atoms with Crippen molar-refractivity contribution < 1.29 is 24.2 Å². The van der Waals surface area contributed by atoms with Gasteiger partial charge in [0.2, 0.25) is 5.91 Å². The number of rotatable bonds is 7. The van der Waals surface area contributed by atoms with E-state index in [-0.39, 0.29) is 13.0 Å². The summed E-state index contributed by atoms with van der Waals surface area (Å²) >= 11 is 0. The minimum atomic E-state index is -1.18. The van der Waals surface area contributed by atoms with Crippen molar-refractivity contribution in [2.75, 3.05) is 0 Å². The Hall–Kier alpha value is -3.35. The van der Waals surface area contributed by atoms with Gasteiger partial charge in [-0.15, -0.1) is 0 Å². The quantitative estimate of drug-likeness (QED) is 0.708. The Morgan fingerprint density at radius 2 is 1.64 bits per heavy atom. The number of carbonyl (C=O) groups excluding carboxylic acids is 2. The summed E-state index contributed by atoms with van der Waals surface area (Å²) in [6, 6.07) is 14.1. The number of carboxylic acid groups (broad SMARTS) is 1. The van der Waals surface area contributed by atoms with E-state index in [9.17, 15) is 19.5 Å². The topological polar surface area (TPSA) is 119 Å². The number of carbonyl (C=O) groups is 3. The van der Waals surface area contributed by atoms with Crippen molar-refractivity contribution in [3.8, 4) is 0 Å². The second-order valence-corrected chi connectivity index (χ2v) is 5.36. The molecule has 0 radical (unpaired) electrons. The van der Waals surface area contributed by atoms with Gasteiger partial charge in [0.05, 0.1) is 0 Å². The van der Waals surface area contributed by atoms with Crippen molar-refractivity contribution in [3.63, 3.8) is 0 Å². The molecule has 0 bridgehead atoms. The molecule has 130 valence electrons. The van der Waals surface area contributed by atoms with Gasteiger partial charge in [-0.25, -0.2) is 9.59 Å². The van der Waals surface area contributed by atoms with Crippen molar-refractivity contribution in [3.05, 3.63) is 71.3 Å². The fourth-order valence-electron chi connectivity index (χ4n) is 2.15. The number of hydrogen-bond donors (Lipinski definition) is 3. The van der Waals surface area contributed by atoms with Crippen molar-refractivity contribution in [2.45, 2.75) is 19.1 Å². The summed E-state index contributed by atoms with van der Waals surface area (Å²) in [5.74, 6) is -1.75. The first-order valence-electron chi connectivity index (χ1n) is 7.54. The molecule has 25 heavy (non-hydrogen) atoms. The van der Waals surface area contributed by atoms with Crippen LogP contribution in [0.4, 0.5) is 4.79 Å². The van der Waals surface area contributed by atoms with Gasteiger partial charge in [-0.3, -0.25) is 4.79 Å². The highest BCUT2D eigenvalue weighted by Crippen LogP contribution is 2.08. The number of ether oxygens (including phenoxy) is 1. The van der Waals surface area contributed by atoms with E-state index in [1.807, 2.05) is 18.2 Å². The van der Waals surface area contributed by atoms with Gasteiger partial charge in [-0.05, 0) is 23.3 Å². The summed E-state index contributed by atoms with van der Waals surface area (Å²) in [5, 5.41) is 11.6. The second-order valence-electron chi connectivity index (χ2n) is 5.36. The number of carboxylic acids is 1. The molecule has 7 heteroatoms. The van der Waals surface area contributed by atoms with Crippen LogP contribution >= 0.6 is 0 Å². The number of aliphatic carboxylic acids is 1. The standard InChI is InChI=1S/C18H18N2O5/c19-16(21)14-8-6-12(7-9-14)10-15(17(22)23)20-18(24)25-11-13-4-2-1-3-5-13/h1-9,15H,10-11H2,(H2,19,21)(H,20,24)(H,22,23)/t15-/m1/s1. The Bertz CT molecular complexity index is 744. The average molecular weight is 342 g/mol. The Kier molecular flexibility index (Phi) is 6.11. The van der Waals surface area contributed by atoms with Crippen LogP contribution in [-0.2, 0) is 22.6 Å². The van der Waals surface area contributed by atoms with Crippen molar-refractivity contribution >= 4 is 18.0 Å². The van der Waals surface area contributed by atoms with E-state index < -0.39 is 24.0 Å². The van der Waals surface area contributed by atoms with Crippen LogP contribution in [0.1, 0.15) is 21.5 Å². The van der Waals surface area contributed by atoms with E-state index in [1.165, 1.54) is 12.1 Å². The summed E-state index contributed by atoms with van der Waals surface area (Å²) in [4.78, 5) is 34.2. The molecule has 2 amide bonds. The van der Waals surface area contributed by atoms with Crippen LogP contribution in [0.2, 0.25) is 0 Å². The van der Waals surface area contributed by atoms with Crippen LogP contribution in [0, 0.1) is 0 Å². The number of benzene rings is 2. The number of nitrogens with two attached hydrogens (primary N) is 1. The predicted molar refractivity (Wildman–Crippen MR) is 89.9 cm³/mol. The van der Waals surface area contributed by atoms with Gasteiger partial charge >= 0.3 is 12.1 Å². The smallest absolute Gasteiger partial charge is 0.408 e. The van der Waals surface area contributed by atoms with Gasteiger partial charge in [-0.1, -0.05) is 42.5 Å². The van der Waals surface area contributed by atoms with Crippen molar-refractivity contribution in [1.29, 1.82) is 0 Å². The molecule has 1 atom stereocenters. The molecule has 4 N–H and O–H groups in total. The van der Waals surface area contributed by atoms with E-state index in [0.717, 1.165) is 5.56 Å². The molecule has 0 saturated carbocycles. The maximum Gasteiger partial charge on any atom is 0.408 e. The lowest BCUT2D eigenvalue weighted by Crippen LogP contribution is -2.42. The number of nitrogens with one attached hydrogen (secondary N) is 1. The molecule has 0 aliphatic rings. The maximum absolute atomic E-state index is 11.8. The molecule has 2 aromatic rings. The molecule has 0 saturated heterocycles. The zero-order valence-corrected chi connectivity index (χ0v) is 13.3. The second kappa shape index (κ2) is 8.49. The van der Waals surface area contributed by atoms with Crippen LogP contribution in [0.5, 0.6) is 0 Å². The number of hydrogen-bond acceptors (Lipinski definition) is 4. The van der Waals surface area contributed by atoms with Gasteiger partial charge in [0.1, 0.15) is 12.6 Å². The molecule has 2 aromatic carbocycles. The molecule has 0 aliphatic heterocycles. The zero-order chi connectivity index (χ0) is 18.2. The van der Waals surface area contributed by atoms with Gasteiger partial charge in [-0.2, -0.15) is 0 Å². The highest BCUT2D eigenvalue weighted by atomic mass is 16.5. The lowest BCUT2D eigenvalue weighted by molar-refractivity contribution is -0.139. The first-order chi connectivity index (χ1) is 12.0. The predicted octanol–water partition coefficient (Wildman–Crippen LogP) is 1.71. The fraction of sp³-hybridized carbons (Fsp3) is 0.167. The molecule has 0 fully saturated rings. The number of amides is 2. The third-order valence-electron chi connectivity index (χ3n) is 3.48. The van der Waals surface area contributed by atoms with E-state index in [1.54, 1.807) is 24.3 Å². The third-order valence-corrected chi connectivity index (χ3v) is 3.48. The highest BCUT2D eigenvalue weighted by molar-refractivity contribution is 5.92. The largest absolute Gasteiger partial charge is 0.480 e. The Balaban J connectivity index is 1.92. The summed E-state index contributed by atoms with van der Waals surface area (Å²) in [6.07, 6.45) is -0.764. The Morgan fingerprint density at radius 1 is 1.00 bits per heavy atom. The van der Waals surface area contributed by atoms with E-state index >= 15 is 0 Å². The SMILES string of the molecule is NC(=O)c1ccc(C[C@@H](NC(=O)OCc2ccccc2)C(=O)O)cc1. The lowest BCUT2D eigenvalue weighted by Gasteiger charge is -2.15. The molecule has 2 rings (SSSR count).